The lowest BCUT2D eigenvalue weighted by atomic mass is 9.94. The summed E-state index contributed by atoms with van der Waals surface area (Å²) in [5.74, 6) is 0.445. The molecule has 4 N–H and O–H groups in total. The Bertz CT molecular complexity index is 1740. The number of carbonyl (C=O) groups is 1. The van der Waals surface area contributed by atoms with Crippen LogP contribution in [0.25, 0.3) is 32.9 Å². The minimum atomic E-state index is -0.565. The normalized spacial score (nSPS) is 19.6. The van der Waals surface area contributed by atoms with E-state index in [0.717, 1.165) is 25.2 Å². The van der Waals surface area contributed by atoms with Crippen molar-refractivity contribution in [3.8, 4) is 11.1 Å². The maximum absolute atomic E-state index is 16.9. The second-order valence-electron chi connectivity index (χ2n) is 11.5. The number of morpholine rings is 1. The standard InChI is InChI=1S/C31H37ClFN9O2/c1-5-23(43)41-15-19(4)42(16-18(41)3)30-20-14-21(32)25(24-17(2)6-7-22-26(24)29(34)39-38-22)27(33)28(20)36-31(37-30)35-8-9-40-10-12-44-13-11-40/h5-7,14,18-19H,1,8-13,15-16H2,2-4H3,(H3,34,38,39)(H,35,36,37)/t18-,19+/m1/s1. The summed E-state index contributed by atoms with van der Waals surface area (Å²) in [7, 11) is 0. The molecular weight excluding hydrogens is 585 g/mol. The number of carbonyl (C=O) groups excluding carboxylic acids is 1. The number of nitrogen functional groups attached to an aromatic ring is 1. The van der Waals surface area contributed by atoms with Crippen LogP contribution in [0.2, 0.25) is 5.02 Å². The molecule has 13 heteroatoms. The lowest BCUT2D eigenvalue weighted by Gasteiger charge is -2.44. The van der Waals surface area contributed by atoms with E-state index in [9.17, 15) is 4.79 Å². The molecule has 2 aromatic heterocycles. The van der Waals surface area contributed by atoms with Gasteiger partial charge in [-0.3, -0.25) is 14.8 Å². The van der Waals surface area contributed by atoms with Gasteiger partial charge in [0.25, 0.3) is 0 Å². The van der Waals surface area contributed by atoms with E-state index in [1.54, 1.807) is 11.0 Å². The van der Waals surface area contributed by atoms with Gasteiger partial charge < -0.3 is 25.6 Å². The smallest absolute Gasteiger partial charge is 0.246 e. The van der Waals surface area contributed by atoms with Crippen molar-refractivity contribution in [2.24, 2.45) is 0 Å². The largest absolute Gasteiger partial charge is 0.382 e. The van der Waals surface area contributed by atoms with E-state index < -0.39 is 5.82 Å². The molecule has 0 spiro atoms. The van der Waals surface area contributed by atoms with Crippen molar-refractivity contribution in [2.45, 2.75) is 32.9 Å². The first-order valence-electron chi connectivity index (χ1n) is 14.8. The fourth-order valence-corrected chi connectivity index (χ4v) is 6.55. The van der Waals surface area contributed by atoms with Gasteiger partial charge in [-0.05, 0) is 44.5 Å². The Hall–Kier alpha value is -4.00. The van der Waals surface area contributed by atoms with Gasteiger partial charge in [-0.25, -0.2) is 9.37 Å². The number of ether oxygens (including phenoxy) is 1. The van der Waals surface area contributed by atoms with Crippen LogP contribution in [0.15, 0.2) is 30.9 Å². The Labute approximate surface area is 260 Å². The first-order chi connectivity index (χ1) is 21.2. The molecule has 0 saturated carbocycles. The number of H-pyrrole nitrogens is 1. The molecule has 2 saturated heterocycles. The van der Waals surface area contributed by atoms with Crippen molar-refractivity contribution in [2.75, 3.05) is 68.4 Å². The molecule has 2 fully saturated rings. The molecule has 2 aromatic carbocycles. The number of rotatable bonds is 7. The molecule has 0 aliphatic carbocycles. The second kappa shape index (κ2) is 12.2. The summed E-state index contributed by atoms with van der Waals surface area (Å²) in [6, 6.07) is 5.24. The second-order valence-corrected chi connectivity index (χ2v) is 11.9. The number of fused-ring (bicyclic) bond motifs is 2. The predicted octanol–water partition coefficient (Wildman–Crippen LogP) is 4.21. The van der Waals surface area contributed by atoms with E-state index in [4.69, 9.17) is 32.0 Å². The van der Waals surface area contributed by atoms with Crippen molar-refractivity contribution in [3.63, 3.8) is 0 Å². The first kappa shape index (κ1) is 30.0. The molecular formula is C31H37ClFN9O2. The lowest BCUT2D eigenvalue weighted by Crippen LogP contribution is -2.58. The summed E-state index contributed by atoms with van der Waals surface area (Å²) in [6.45, 7) is 15.0. The quantitative estimate of drug-likeness (QED) is 0.260. The van der Waals surface area contributed by atoms with Crippen molar-refractivity contribution < 1.29 is 13.9 Å². The molecule has 2 aliphatic heterocycles. The maximum Gasteiger partial charge on any atom is 0.246 e. The summed E-state index contributed by atoms with van der Waals surface area (Å²) >= 11 is 6.92. The van der Waals surface area contributed by atoms with Crippen LogP contribution >= 0.6 is 11.6 Å². The Balaban J connectivity index is 1.47. The number of halogens is 2. The summed E-state index contributed by atoms with van der Waals surface area (Å²) in [5.41, 5.74) is 8.64. The predicted molar refractivity (Wildman–Crippen MR) is 173 cm³/mol. The van der Waals surface area contributed by atoms with E-state index in [1.807, 2.05) is 32.9 Å². The Morgan fingerprint density at radius 2 is 2.00 bits per heavy atom. The Morgan fingerprint density at radius 1 is 1.23 bits per heavy atom. The topological polar surface area (TPSA) is 129 Å². The highest BCUT2D eigenvalue weighted by atomic mass is 35.5. The number of piperazine rings is 1. The minimum absolute atomic E-state index is 0.113. The molecule has 6 rings (SSSR count). The van der Waals surface area contributed by atoms with Gasteiger partial charge in [0.15, 0.2) is 11.6 Å². The number of amides is 1. The molecule has 4 aromatic rings. The van der Waals surface area contributed by atoms with Gasteiger partial charge in [0.1, 0.15) is 11.3 Å². The fourth-order valence-electron chi connectivity index (χ4n) is 6.27. The van der Waals surface area contributed by atoms with Crippen molar-refractivity contribution in [3.05, 3.63) is 47.3 Å². The number of aryl methyl sites for hydroxylation is 1. The van der Waals surface area contributed by atoms with Gasteiger partial charge in [0.2, 0.25) is 11.9 Å². The number of aromatic amines is 1. The van der Waals surface area contributed by atoms with Crippen LogP contribution in [-0.4, -0.2) is 100 Å². The molecule has 2 aliphatic rings. The summed E-state index contributed by atoms with van der Waals surface area (Å²) in [6.07, 6.45) is 1.33. The molecule has 0 unspecified atom stereocenters. The number of nitrogens with two attached hydrogens (primary N) is 1. The zero-order valence-electron chi connectivity index (χ0n) is 25.2. The molecule has 0 bridgehead atoms. The van der Waals surface area contributed by atoms with E-state index in [1.165, 1.54) is 6.08 Å². The molecule has 11 nitrogen and oxygen atoms in total. The average molecular weight is 622 g/mol. The SMILES string of the molecule is C=CC(=O)N1C[C@H](C)N(c2nc(NCCN3CCOCC3)nc3c(F)c(-c4c(C)ccc5[nH]nc(N)c45)c(Cl)cc23)C[C@H]1C. The highest BCUT2D eigenvalue weighted by Gasteiger charge is 2.34. The first-order valence-corrected chi connectivity index (χ1v) is 15.2. The monoisotopic (exact) mass is 621 g/mol. The third-order valence-corrected chi connectivity index (χ3v) is 8.91. The Morgan fingerprint density at radius 3 is 2.75 bits per heavy atom. The minimum Gasteiger partial charge on any atom is -0.382 e. The van der Waals surface area contributed by atoms with Crippen molar-refractivity contribution >= 4 is 56.9 Å². The zero-order valence-corrected chi connectivity index (χ0v) is 25.9. The average Bonchev–Trinajstić information content (AvgIpc) is 3.39. The van der Waals surface area contributed by atoms with Gasteiger partial charge in [0.05, 0.1) is 29.1 Å². The number of aromatic nitrogens is 4. The van der Waals surface area contributed by atoms with Gasteiger partial charge >= 0.3 is 0 Å². The number of nitrogens with one attached hydrogen (secondary N) is 2. The van der Waals surface area contributed by atoms with Crippen molar-refractivity contribution in [1.29, 1.82) is 0 Å². The molecule has 0 radical (unpaired) electrons. The van der Waals surface area contributed by atoms with Crippen molar-refractivity contribution in [1.82, 2.24) is 30.0 Å². The Kier molecular flexibility index (Phi) is 8.32. The number of nitrogens with zero attached hydrogens (tertiary/aromatic N) is 6. The number of hydrogen-bond acceptors (Lipinski definition) is 9. The van der Waals surface area contributed by atoms with E-state index in [2.05, 4.69) is 31.9 Å². The van der Waals surface area contributed by atoms with Crippen LogP contribution in [0.3, 0.4) is 0 Å². The summed E-state index contributed by atoms with van der Waals surface area (Å²) in [4.78, 5) is 28.3. The zero-order chi connectivity index (χ0) is 31.1. The fraction of sp³-hybridized carbons (Fsp3) is 0.419. The lowest BCUT2D eigenvalue weighted by molar-refractivity contribution is -0.128. The molecule has 44 heavy (non-hydrogen) atoms. The van der Waals surface area contributed by atoms with Crippen LogP contribution in [0.1, 0.15) is 19.4 Å². The molecule has 2 atom stereocenters. The number of hydrogen-bond donors (Lipinski definition) is 3. The molecule has 4 heterocycles. The summed E-state index contributed by atoms with van der Waals surface area (Å²) in [5, 5.41) is 11.7. The van der Waals surface area contributed by atoms with Gasteiger partial charge in [-0.15, -0.1) is 0 Å². The van der Waals surface area contributed by atoms with E-state index in [0.29, 0.717) is 66.5 Å². The van der Waals surface area contributed by atoms with Crippen LogP contribution in [-0.2, 0) is 9.53 Å². The maximum atomic E-state index is 16.9. The molecule has 232 valence electrons. The van der Waals surface area contributed by atoms with Gasteiger partial charge in [0, 0.05) is 67.9 Å². The van der Waals surface area contributed by atoms with E-state index in [-0.39, 0.29) is 39.9 Å². The van der Waals surface area contributed by atoms with Crippen LogP contribution in [0, 0.1) is 12.7 Å². The van der Waals surface area contributed by atoms with Gasteiger partial charge in [-0.2, -0.15) is 10.1 Å². The third kappa shape index (κ3) is 5.42. The van der Waals surface area contributed by atoms with Crippen LogP contribution in [0.5, 0.6) is 0 Å². The van der Waals surface area contributed by atoms with E-state index >= 15 is 4.39 Å². The molecule has 1 amide bonds. The van der Waals surface area contributed by atoms with Crippen LogP contribution in [0.4, 0.5) is 22.0 Å². The van der Waals surface area contributed by atoms with Crippen LogP contribution < -0.4 is 16.0 Å². The van der Waals surface area contributed by atoms with Gasteiger partial charge in [-0.1, -0.05) is 24.2 Å². The summed E-state index contributed by atoms with van der Waals surface area (Å²) < 4.78 is 22.4. The highest BCUT2D eigenvalue weighted by molar-refractivity contribution is 6.35. The highest BCUT2D eigenvalue weighted by Crippen LogP contribution is 2.43. The number of benzene rings is 2. The third-order valence-electron chi connectivity index (χ3n) is 8.61. The number of anilines is 3.